The minimum absolute atomic E-state index is 0.00244. The Morgan fingerprint density at radius 1 is 0.652 bits per heavy atom. The highest BCUT2D eigenvalue weighted by Crippen LogP contribution is 2.63. The first kappa shape index (κ1) is 59.8. The summed E-state index contributed by atoms with van der Waals surface area (Å²) in [6.07, 6.45) is 17.6. The number of alkyl halides is 2. The maximum Gasteiger partial charge on any atom is 0.407 e. The SMILES string of the molecule is CCCCCCCCCCCC(=O)OC[C@@H](CSC[C@H](NC(=O)OCC1c2ccccc2-c2ccccc21)C(=O)NCCCC(F)(F)P(=O)(OCC)OCC)OC(=O)CCCCCCCCCCC. The highest BCUT2D eigenvalue weighted by molar-refractivity contribution is 7.99. The van der Waals surface area contributed by atoms with Crippen molar-refractivity contribution in [1.29, 1.82) is 0 Å². The van der Waals surface area contributed by atoms with Gasteiger partial charge >= 0.3 is 31.3 Å². The summed E-state index contributed by atoms with van der Waals surface area (Å²) in [6, 6.07) is 14.6. The van der Waals surface area contributed by atoms with Crippen molar-refractivity contribution >= 4 is 43.3 Å². The minimum Gasteiger partial charge on any atom is -0.462 e. The standard InChI is InChI=1S/C53H83F2N2O10PS/c1-5-9-11-13-15-17-19-21-23-34-49(58)63-38-42(67-50(59)35-24-22-20-18-16-14-12-10-6-2)40-69-41-48(51(60)56-37-29-36-53(54,55)68(62,65-7-3)66-8-4)57-52(61)64-39-47-45-32-27-25-30-43(45)44-31-26-28-33-46(44)47/h25-28,30-33,42,47-48H,5-24,29,34-41H2,1-4H3,(H,56,60)(H,57,61)/t42-,48-/m0/s1. The molecule has 2 N–H and O–H groups in total. The number of fused-ring (bicyclic) bond motifs is 3. The van der Waals surface area contributed by atoms with Crippen molar-refractivity contribution in [2.24, 2.45) is 0 Å². The van der Waals surface area contributed by atoms with Gasteiger partial charge in [-0.15, -0.1) is 0 Å². The number of amides is 2. The molecular weight excluding hydrogens is 926 g/mol. The zero-order valence-electron chi connectivity index (χ0n) is 42.1. The molecule has 2 aromatic rings. The Morgan fingerprint density at radius 2 is 1.14 bits per heavy atom. The molecule has 0 aliphatic heterocycles. The van der Waals surface area contributed by atoms with E-state index in [0.717, 1.165) is 60.8 Å². The Kier molecular flexibility index (Phi) is 30.1. The summed E-state index contributed by atoms with van der Waals surface area (Å²) in [5.74, 6) is -1.55. The van der Waals surface area contributed by atoms with Crippen LogP contribution in [0.25, 0.3) is 11.1 Å². The summed E-state index contributed by atoms with van der Waals surface area (Å²) in [5, 5.41) is 5.28. The first-order chi connectivity index (χ1) is 33.4. The number of carbonyl (C=O) groups is 4. The minimum atomic E-state index is -4.75. The van der Waals surface area contributed by atoms with E-state index in [4.69, 9.17) is 23.3 Å². The van der Waals surface area contributed by atoms with E-state index in [9.17, 15) is 23.7 Å². The van der Waals surface area contributed by atoms with Gasteiger partial charge in [-0.3, -0.25) is 18.9 Å². The van der Waals surface area contributed by atoms with Crippen LogP contribution in [-0.4, -0.2) is 86.2 Å². The number of halogens is 2. The molecule has 0 fully saturated rings. The molecule has 2 atom stereocenters. The van der Waals surface area contributed by atoms with Crippen molar-refractivity contribution in [2.45, 2.75) is 193 Å². The van der Waals surface area contributed by atoms with E-state index in [1.54, 1.807) is 0 Å². The Bertz CT molecular complexity index is 1780. The third kappa shape index (κ3) is 22.6. The van der Waals surface area contributed by atoms with Crippen molar-refractivity contribution in [3.63, 3.8) is 0 Å². The zero-order chi connectivity index (χ0) is 50.2. The van der Waals surface area contributed by atoms with Crippen LogP contribution < -0.4 is 10.6 Å². The highest BCUT2D eigenvalue weighted by atomic mass is 32.2. The predicted octanol–water partition coefficient (Wildman–Crippen LogP) is 13.7. The number of alkyl carbamates (subject to hydrolysis) is 1. The van der Waals surface area contributed by atoms with Crippen molar-refractivity contribution < 1.29 is 55.8 Å². The normalized spacial score (nSPS) is 13.3. The van der Waals surface area contributed by atoms with Crippen molar-refractivity contribution in [3.8, 4) is 11.1 Å². The predicted molar refractivity (Wildman–Crippen MR) is 272 cm³/mol. The lowest BCUT2D eigenvalue weighted by atomic mass is 9.98. The molecule has 3 rings (SSSR count). The molecule has 0 bridgehead atoms. The first-order valence-electron chi connectivity index (χ1n) is 26.0. The van der Waals surface area contributed by atoms with Gasteiger partial charge in [-0.25, -0.2) is 4.79 Å². The number of hydrogen-bond donors (Lipinski definition) is 2. The van der Waals surface area contributed by atoms with Crippen LogP contribution in [0, 0.1) is 0 Å². The second-order valence-corrected chi connectivity index (χ2v) is 21.1. The molecule has 0 radical (unpaired) electrons. The molecule has 12 nitrogen and oxygen atoms in total. The maximum absolute atomic E-state index is 15.1. The molecule has 390 valence electrons. The van der Waals surface area contributed by atoms with Crippen LogP contribution >= 0.6 is 19.4 Å². The topological polar surface area (TPSA) is 156 Å². The molecule has 69 heavy (non-hydrogen) atoms. The molecular formula is C53H83F2N2O10PS. The third-order valence-corrected chi connectivity index (χ3v) is 15.6. The van der Waals surface area contributed by atoms with Gasteiger partial charge in [-0.2, -0.15) is 20.5 Å². The number of esters is 2. The number of nitrogens with one attached hydrogen (secondary N) is 2. The van der Waals surface area contributed by atoms with Crippen LogP contribution in [0.4, 0.5) is 13.6 Å². The number of benzene rings is 2. The lowest BCUT2D eigenvalue weighted by Gasteiger charge is -2.26. The van der Waals surface area contributed by atoms with E-state index in [1.165, 1.54) is 89.8 Å². The van der Waals surface area contributed by atoms with Gasteiger partial charge in [0.05, 0.1) is 13.2 Å². The Balaban J connectivity index is 1.64. The van der Waals surface area contributed by atoms with Crippen LogP contribution in [-0.2, 0) is 42.2 Å². The fourth-order valence-electron chi connectivity index (χ4n) is 8.40. The van der Waals surface area contributed by atoms with Crippen LogP contribution in [0.3, 0.4) is 0 Å². The van der Waals surface area contributed by atoms with Gasteiger partial charge in [0.25, 0.3) is 0 Å². The summed E-state index contributed by atoms with van der Waals surface area (Å²) in [5.41, 5.74) is 0.337. The van der Waals surface area contributed by atoms with E-state index in [-0.39, 0.29) is 75.6 Å². The molecule has 1 aliphatic carbocycles. The van der Waals surface area contributed by atoms with E-state index in [2.05, 4.69) is 24.5 Å². The Labute approximate surface area is 416 Å². The highest BCUT2D eigenvalue weighted by Gasteiger charge is 2.52. The Hall–Kier alpha value is -3.52. The number of ether oxygens (including phenoxy) is 3. The van der Waals surface area contributed by atoms with E-state index >= 15 is 8.78 Å². The summed E-state index contributed by atoms with van der Waals surface area (Å²) < 4.78 is 70.0. The van der Waals surface area contributed by atoms with Crippen LogP contribution in [0.15, 0.2) is 48.5 Å². The fourth-order valence-corrected chi connectivity index (χ4v) is 11.0. The summed E-state index contributed by atoms with van der Waals surface area (Å²) >= 11 is 1.20. The number of carbonyl (C=O) groups excluding carboxylic acids is 4. The largest absolute Gasteiger partial charge is 0.462 e. The van der Waals surface area contributed by atoms with E-state index in [1.807, 2.05) is 48.5 Å². The molecule has 0 unspecified atom stereocenters. The molecule has 0 heterocycles. The number of thioether (sulfide) groups is 1. The van der Waals surface area contributed by atoms with E-state index in [0.29, 0.717) is 12.8 Å². The molecule has 0 aromatic heterocycles. The van der Waals surface area contributed by atoms with Gasteiger partial charge in [0.15, 0.2) is 0 Å². The molecule has 0 saturated heterocycles. The summed E-state index contributed by atoms with van der Waals surface area (Å²) in [6.45, 7) is 6.44. The first-order valence-corrected chi connectivity index (χ1v) is 28.7. The lowest BCUT2D eigenvalue weighted by Crippen LogP contribution is -2.49. The van der Waals surface area contributed by atoms with Gasteiger partial charge in [0.1, 0.15) is 25.4 Å². The fraction of sp³-hybridized carbons (Fsp3) is 0.698. The molecule has 0 saturated carbocycles. The molecule has 16 heteroatoms. The molecule has 2 aromatic carbocycles. The maximum atomic E-state index is 15.1. The van der Waals surface area contributed by atoms with Gasteiger partial charge in [0.2, 0.25) is 5.91 Å². The van der Waals surface area contributed by atoms with Crippen LogP contribution in [0.5, 0.6) is 0 Å². The average molecular weight is 1010 g/mol. The third-order valence-electron chi connectivity index (χ3n) is 12.2. The lowest BCUT2D eigenvalue weighted by molar-refractivity contribution is -0.157. The van der Waals surface area contributed by atoms with E-state index < -0.39 is 49.8 Å². The number of hydrogen-bond acceptors (Lipinski definition) is 11. The second kappa shape index (κ2) is 34.7. The average Bonchev–Trinajstić information content (AvgIpc) is 3.65. The molecule has 1 aliphatic rings. The monoisotopic (exact) mass is 1010 g/mol. The number of rotatable bonds is 40. The smallest absolute Gasteiger partial charge is 0.407 e. The summed E-state index contributed by atoms with van der Waals surface area (Å²) in [7, 11) is -4.75. The summed E-state index contributed by atoms with van der Waals surface area (Å²) in [4.78, 5) is 53.1. The molecule has 2 amide bonds. The molecule has 0 spiro atoms. The number of unbranched alkanes of at least 4 members (excludes halogenated alkanes) is 16. The van der Waals surface area contributed by atoms with Gasteiger partial charge < -0.3 is 33.9 Å². The zero-order valence-corrected chi connectivity index (χ0v) is 43.8. The van der Waals surface area contributed by atoms with Gasteiger partial charge in [-0.1, -0.05) is 165 Å². The van der Waals surface area contributed by atoms with Crippen LogP contribution in [0.1, 0.15) is 186 Å². The van der Waals surface area contributed by atoms with Gasteiger partial charge in [-0.05, 0) is 55.4 Å². The van der Waals surface area contributed by atoms with Gasteiger partial charge in [0, 0.05) is 43.2 Å². The Morgan fingerprint density at radius 3 is 1.67 bits per heavy atom. The van der Waals surface area contributed by atoms with Crippen molar-refractivity contribution in [1.82, 2.24) is 10.6 Å². The van der Waals surface area contributed by atoms with Crippen LogP contribution in [0.2, 0.25) is 0 Å². The second-order valence-electron chi connectivity index (χ2n) is 17.9. The van der Waals surface area contributed by atoms with Crippen molar-refractivity contribution in [3.05, 3.63) is 59.7 Å². The van der Waals surface area contributed by atoms with Crippen molar-refractivity contribution in [2.75, 3.05) is 44.5 Å². The quantitative estimate of drug-likeness (QED) is 0.0284.